The number of nitrogens with zero attached hydrogens (tertiary/aromatic N) is 2. The molecular formula is C11H12N2O4. The highest BCUT2D eigenvalue weighted by atomic mass is 16.6. The molecule has 1 aromatic heterocycles. The molecule has 0 N–H and O–H groups in total. The number of morpholine rings is 1. The van der Waals surface area contributed by atoms with E-state index in [2.05, 4.69) is 9.72 Å². The molecule has 0 amide bonds. The summed E-state index contributed by atoms with van der Waals surface area (Å²) in [5, 5.41) is 0. The van der Waals surface area contributed by atoms with Gasteiger partial charge in [0.1, 0.15) is 0 Å². The molecule has 0 aromatic carbocycles. The Hall–Kier alpha value is -1.95. The Morgan fingerprint density at radius 1 is 1.35 bits per heavy atom. The van der Waals surface area contributed by atoms with Gasteiger partial charge in [-0.2, -0.15) is 0 Å². The van der Waals surface area contributed by atoms with Crippen molar-refractivity contribution < 1.29 is 19.1 Å². The zero-order chi connectivity index (χ0) is 12.3. The maximum absolute atomic E-state index is 11.1. The molecular weight excluding hydrogens is 224 g/mol. The standard InChI is InChI=1S/C11H12N2O4/c1-16-9-3-2-8(4-12-9)5-13-6-10(14)17-11(15)7-13/h2-4H,5-7H2,1H3. The fourth-order valence-electron chi connectivity index (χ4n) is 1.61. The third kappa shape index (κ3) is 3.01. The molecule has 2 rings (SSSR count). The third-order valence-corrected chi connectivity index (χ3v) is 2.35. The first-order valence-electron chi connectivity index (χ1n) is 5.12. The number of pyridine rings is 1. The van der Waals surface area contributed by atoms with E-state index in [1.54, 1.807) is 24.3 Å². The zero-order valence-electron chi connectivity index (χ0n) is 9.38. The molecule has 1 aliphatic rings. The Morgan fingerprint density at radius 2 is 2.06 bits per heavy atom. The van der Waals surface area contributed by atoms with Gasteiger partial charge in [0, 0.05) is 18.8 Å². The summed E-state index contributed by atoms with van der Waals surface area (Å²) in [6.45, 7) is 0.730. The van der Waals surface area contributed by atoms with Gasteiger partial charge in [0.15, 0.2) is 0 Å². The number of esters is 2. The summed E-state index contributed by atoms with van der Waals surface area (Å²) < 4.78 is 9.38. The predicted octanol–water partition coefficient (Wildman–Crippen LogP) is -0.0244. The molecule has 17 heavy (non-hydrogen) atoms. The summed E-state index contributed by atoms with van der Waals surface area (Å²) in [6, 6.07) is 3.58. The second-order valence-corrected chi connectivity index (χ2v) is 3.70. The van der Waals surface area contributed by atoms with Gasteiger partial charge < -0.3 is 9.47 Å². The van der Waals surface area contributed by atoms with Gasteiger partial charge in [0.05, 0.1) is 20.2 Å². The van der Waals surface area contributed by atoms with Gasteiger partial charge in [-0.1, -0.05) is 6.07 Å². The smallest absolute Gasteiger partial charge is 0.327 e. The van der Waals surface area contributed by atoms with E-state index in [0.717, 1.165) is 5.56 Å². The van der Waals surface area contributed by atoms with Crippen LogP contribution >= 0.6 is 0 Å². The Bertz CT molecular complexity index is 414. The largest absolute Gasteiger partial charge is 0.481 e. The molecule has 0 saturated carbocycles. The van der Waals surface area contributed by atoms with Crippen LogP contribution in [0.15, 0.2) is 18.3 Å². The minimum atomic E-state index is -0.511. The number of ether oxygens (including phenoxy) is 2. The van der Waals surface area contributed by atoms with E-state index in [0.29, 0.717) is 12.4 Å². The number of carbonyl (C=O) groups excluding carboxylic acids is 2. The molecule has 0 atom stereocenters. The van der Waals surface area contributed by atoms with Gasteiger partial charge in [-0.3, -0.25) is 14.5 Å². The van der Waals surface area contributed by atoms with Crippen molar-refractivity contribution in [2.24, 2.45) is 0 Å². The lowest BCUT2D eigenvalue weighted by molar-refractivity contribution is -0.167. The average Bonchev–Trinajstić information content (AvgIpc) is 2.28. The minimum Gasteiger partial charge on any atom is -0.481 e. The predicted molar refractivity (Wildman–Crippen MR) is 57.2 cm³/mol. The van der Waals surface area contributed by atoms with Crippen LogP contribution < -0.4 is 4.74 Å². The minimum absolute atomic E-state index is 0.123. The molecule has 0 unspecified atom stereocenters. The molecule has 0 bridgehead atoms. The number of carbonyl (C=O) groups is 2. The summed E-state index contributed by atoms with van der Waals surface area (Å²) >= 11 is 0. The van der Waals surface area contributed by atoms with Crippen molar-refractivity contribution in [1.29, 1.82) is 0 Å². The summed E-state index contributed by atoms with van der Waals surface area (Å²) in [6.07, 6.45) is 1.66. The Kier molecular flexibility index (Phi) is 3.34. The average molecular weight is 236 g/mol. The Morgan fingerprint density at radius 3 is 2.59 bits per heavy atom. The normalized spacial score (nSPS) is 16.8. The monoisotopic (exact) mass is 236 g/mol. The van der Waals surface area contributed by atoms with Gasteiger partial charge in [-0.15, -0.1) is 0 Å². The summed E-state index contributed by atoms with van der Waals surface area (Å²) in [5.74, 6) is -0.492. The first kappa shape index (κ1) is 11.5. The van der Waals surface area contributed by atoms with Crippen LogP contribution in [0, 0.1) is 0 Å². The molecule has 1 fully saturated rings. The molecule has 1 saturated heterocycles. The highest BCUT2D eigenvalue weighted by Crippen LogP contribution is 2.10. The number of hydrogen-bond acceptors (Lipinski definition) is 6. The van der Waals surface area contributed by atoms with Crippen LogP contribution in [0.25, 0.3) is 0 Å². The summed E-state index contributed by atoms with van der Waals surface area (Å²) in [7, 11) is 1.54. The van der Waals surface area contributed by atoms with Crippen LogP contribution in [-0.4, -0.2) is 42.0 Å². The van der Waals surface area contributed by atoms with Crippen LogP contribution in [0.2, 0.25) is 0 Å². The Balaban J connectivity index is 1.99. The van der Waals surface area contributed by atoms with E-state index < -0.39 is 11.9 Å². The van der Waals surface area contributed by atoms with E-state index in [1.807, 2.05) is 6.07 Å². The maximum Gasteiger partial charge on any atom is 0.327 e. The van der Waals surface area contributed by atoms with Crippen molar-refractivity contribution in [2.75, 3.05) is 20.2 Å². The van der Waals surface area contributed by atoms with Gasteiger partial charge in [0.25, 0.3) is 0 Å². The number of hydrogen-bond donors (Lipinski definition) is 0. The lowest BCUT2D eigenvalue weighted by Crippen LogP contribution is -2.42. The van der Waals surface area contributed by atoms with Crippen LogP contribution in [-0.2, 0) is 20.9 Å². The second kappa shape index (κ2) is 4.92. The molecule has 0 aliphatic carbocycles. The third-order valence-electron chi connectivity index (χ3n) is 2.35. The lowest BCUT2D eigenvalue weighted by atomic mass is 10.2. The van der Waals surface area contributed by atoms with Gasteiger partial charge in [0.2, 0.25) is 5.88 Å². The summed E-state index contributed by atoms with van der Waals surface area (Å²) in [5.41, 5.74) is 0.910. The number of methoxy groups -OCH3 is 1. The van der Waals surface area contributed by atoms with Crippen molar-refractivity contribution in [3.8, 4) is 5.88 Å². The molecule has 1 aromatic rings. The van der Waals surface area contributed by atoms with Crippen LogP contribution in [0.1, 0.15) is 5.56 Å². The quantitative estimate of drug-likeness (QED) is 0.542. The van der Waals surface area contributed by atoms with Crippen molar-refractivity contribution in [2.45, 2.75) is 6.54 Å². The van der Waals surface area contributed by atoms with Crippen molar-refractivity contribution in [3.05, 3.63) is 23.9 Å². The van der Waals surface area contributed by atoms with Crippen LogP contribution in [0.3, 0.4) is 0 Å². The molecule has 0 spiro atoms. The maximum atomic E-state index is 11.1. The topological polar surface area (TPSA) is 68.7 Å². The molecule has 2 heterocycles. The van der Waals surface area contributed by atoms with Crippen LogP contribution in [0.4, 0.5) is 0 Å². The fraction of sp³-hybridized carbons (Fsp3) is 0.364. The SMILES string of the molecule is COc1ccc(CN2CC(=O)OC(=O)C2)cn1. The van der Waals surface area contributed by atoms with Crippen molar-refractivity contribution in [3.63, 3.8) is 0 Å². The first-order chi connectivity index (χ1) is 8.17. The summed E-state index contributed by atoms with van der Waals surface area (Å²) in [4.78, 5) is 27.9. The Labute approximate surface area is 98.1 Å². The molecule has 1 aliphatic heterocycles. The van der Waals surface area contributed by atoms with Gasteiger partial charge in [-0.05, 0) is 5.56 Å². The lowest BCUT2D eigenvalue weighted by Gasteiger charge is -2.23. The highest BCUT2D eigenvalue weighted by molar-refractivity contribution is 5.90. The number of aromatic nitrogens is 1. The highest BCUT2D eigenvalue weighted by Gasteiger charge is 2.24. The molecule has 90 valence electrons. The van der Waals surface area contributed by atoms with E-state index in [9.17, 15) is 9.59 Å². The van der Waals surface area contributed by atoms with Crippen molar-refractivity contribution in [1.82, 2.24) is 9.88 Å². The van der Waals surface area contributed by atoms with E-state index >= 15 is 0 Å². The van der Waals surface area contributed by atoms with Gasteiger partial charge in [-0.25, -0.2) is 4.98 Å². The molecule has 6 heteroatoms. The van der Waals surface area contributed by atoms with Gasteiger partial charge >= 0.3 is 11.9 Å². The number of cyclic esters (lactones) is 2. The van der Waals surface area contributed by atoms with Crippen molar-refractivity contribution >= 4 is 11.9 Å². The zero-order valence-corrected chi connectivity index (χ0v) is 9.38. The number of rotatable bonds is 3. The van der Waals surface area contributed by atoms with E-state index in [1.165, 1.54) is 0 Å². The molecule has 0 radical (unpaired) electrons. The van der Waals surface area contributed by atoms with E-state index in [4.69, 9.17) is 4.74 Å². The first-order valence-corrected chi connectivity index (χ1v) is 5.12. The fourth-order valence-corrected chi connectivity index (χ4v) is 1.61. The van der Waals surface area contributed by atoms with Crippen LogP contribution in [0.5, 0.6) is 5.88 Å². The second-order valence-electron chi connectivity index (χ2n) is 3.70. The molecule has 6 nitrogen and oxygen atoms in total. The van der Waals surface area contributed by atoms with E-state index in [-0.39, 0.29) is 13.1 Å².